The average Bonchev–Trinajstić information content (AvgIpc) is 3.40. The molecule has 1 aliphatic heterocycles. The van der Waals surface area contributed by atoms with Gasteiger partial charge in [0.15, 0.2) is 0 Å². The minimum absolute atomic E-state index is 0.00853. The number of aryl methyl sites for hydroxylation is 1. The first-order valence-corrected chi connectivity index (χ1v) is 10.9. The van der Waals surface area contributed by atoms with Crippen LogP contribution in [0.2, 0.25) is 0 Å². The van der Waals surface area contributed by atoms with Crippen molar-refractivity contribution in [1.82, 2.24) is 10.2 Å². The molecule has 1 fully saturated rings. The highest BCUT2D eigenvalue weighted by atomic mass is 32.1. The zero-order valence-corrected chi connectivity index (χ0v) is 18.2. The van der Waals surface area contributed by atoms with Crippen molar-refractivity contribution in [3.8, 4) is 5.75 Å². The molecule has 32 heavy (non-hydrogen) atoms. The number of benzene rings is 2. The Hall–Kier alpha value is -3.78. The Labute approximate surface area is 189 Å². The number of ketones is 1. The van der Waals surface area contributed by atoms with Gasteiger partial charge in [-0.25, -0.2) is 0 Å². The topological polar surface area (TPSA) is 92.6 Å². The SMILES string of the molecule is C=CCOc1ccc(C2/C(=C(\O)c3ccccc3)C(=O)C(=O)N2c2nnc(CC)s2)cc1. The molecule has 0 spiro atoms. The first-order chi connectivity index (χ1) is 15.5. The highest BCUT2D eigenvalue weighted by molar-refractivity contribution is 7.15. The lowest BCUT2D eigenvalue weighted by Crippen LogP contribution is -2.29. The summed E-state index contributed by atoms with van der Waals surface area (Å²) in [7, 11) is 0. The van der Waals surface area contributed by atoms with Crippen molar-refractivity contribution in [2.45, 2.75) is 19.4 Å². The van der Waals surface area contributed by atoms with Crippen molar-refractivity contribution in [2.75, 3.05) is 11.5 Å². The Morgan fingerprint density at radius 3 is 2.50 bits per heavy atom. The monoisotopic (exact) mass is 447 g/mol. The van der Waals surface area contributed by atoms with Gasteiger partial charge in [0, 0.05) is 5.56 Å². The molecule has 2 aromatic carbocycles. The van der Waals surface area contributed by atoms with Gasteiger partial charge in [-0.1, -0.05) is 73.4 Å². The van der Waals surface area contributed by atoms with Crippen LogP contribution in [0.5, 0.6) is 5.75 Å². The molecule has 7 nitrogen and oxygen atoms in total. The second-order valence-corrected chi connectivity index (χ2v) is 8.08. The zero-order valence-electron chi connectivity index (χ0n) is 17.4. The summed E-state index contributed by atoms with van der Waals surface area (Å²) in [6.45, 7) is 5.93. The van der Waals surface area contributed by atoms with Crippen molar-refractivity contribution in [1.29, 1.82) is 0 Å². The average molecular weight is 448 g/mol. The fourth-order valence-electron chi connectivity index (χ4n) is 3.48. The normalized spacial score (nSPS) is 17.5. The van der Waals surface area contributed by atoms with Crippen LogP contribution in [-0.2, 0) is 16.0 Å². The first kappa shape index (κ1) is 21.5. The zero-order chi connectivity index (χ0) is 22.7. The Balaban J connectivity index is 1.86. The number of carbonyl (C=O) groups is 2. The maximum Gasteiger partial charge on any atom is 0.301 e. The van der Waals surface area contributed by atoms with E-state index in [-0.39, 0.29) is 11.3 Å². The Kier molecular flexibility index (Phi) is 6.13. The van der Waals surface area contributed by atoms with Crippen LogP contribution in [0.1, 0.15) is 29.1 Å². The first-order valence-electron chi connectivity index (χ1n) is 10.1. The van der Waals surface area contributed by atoms with Crippen LogP contribution in [0.15, 0.2) is 72.8 Å². The molecule has 8 heteroatoms. The summed E-state index contributed by atoms with van der Waals surface area (Å²) in [5, 5.41) is 20.3. The minimum Gasteiger partial charge on any atom is -0.507 e. The second-order valence-electron chi connectivity index (χ2n) is 7.04. The number of amides is 1. The summed E-state index contributed by atoms with van der Waals surface area (Å²) < 4.78 is 5.54. The van der Waals surface area contributed by atoms with Crippen LogP contribution in [0.25, 0.3) is 5.76 Å². The molecular weight excluding hydrogens is 426 g/mol. The number of rotatable bonds is 7. The molecule has 0 aliphatic carbocycles. The summed E-state index contributed by atoms with van der Waals surface area (Å²) in [4.78, 5) is 27.5. The molecule has 1 aliphatic rings. The molecule has 0 saturated carbocycles. The summed E-state index contributed by atoms with van der Waals surface area (Å²) in [6.07, 6.45) is 2.30. The second kappa shape index (κ2) is 9.15. The number of nitrogens with zero attached hydrogens (tertiary/aromatic N) is 3. The van der Waals surface area contributed by atoms with Crippen molar-refractivity contribution in [2.24, 2.45) is 0 Å². The molecule has 1 amide bonds. The molecule has 1 aromatic heterocycles. The number of carbonyl (C=O) groups excluding carboxylic acids is 2. The van der Waals surface area contributed by atoms with Gasteiger partial charge in [-0.2, -0.15) is 0 Å². The molecule has 1 saturated heterocycles. The third-order valence-corrected chi connectivity index (χ3v) is 6.09. The Morgan fingerprint density at radius 1 is 1.16 bits per heavy atom. The van der Waals surface area contributed by atoms with E-state index in [1.54, 1.807) is 54.6 Å². The van der Waals surface area contributed by atoms with Crippen molar-refractivity contribution in [3.63, 3.8) is 0 Å². The molecule has 4 rings (SSSR count). The van der Waals surface area contributed by atoms with E-state index in [0.29, 0.717) is 35.0 Å². The van der Waals surface area contributed by atoms with Crippen LogP contribution in [0.3, 0.4) is 0 Å². The maximum absolute atomic E-state index is 13.1. The summed E-state index contributed by atoms with van der Waals surface area (Å²) in [5.74, 6) is -1.13. The number of hydrogen-bond donors (Lipinski definition) is 1. The minimum atomic E-state index is -0.846. The van der Waals surface area contributed by atoms with E-state index >= 15 is 0 Å². The third kappa shape index (κ3) is 3.92. The van der Waals surface area contributed by atoms with Crippen molar-refractivity contribution >= 4 is 33.9 Å². The van der Waals surface area contributed by atoms with E-state index < -0.39 is 17.7 Å². The largest absolute Gasteiger partial charge is 0.507 e. The highest BCUT2D eigenvalue weighted by Crippen LogP contribution is 2.43. The molecule has 3 aromatic rings. The number of ether oxygens (including phenoxy) is 1. The van der Waals surface area contributed by atoms with Crippen LogP contribution in [0.4, 0.5) is 5.13 Å². The molecule has 0 radical (unpaired) electrons. The summed E-state index contributed by atoms with van der Waals surface area (Å²) >= 11 is 1.25. The van der Waals surface area contributed by atoms with Gasteiger partial charge in [0.1, 0.15) is 23.1 Å². The van der Waals surface area contributed by atoms with Crippen LogP contribution < -0.4 is 9.64 Å². The Bertz CT molecular complexity index is 1190. The standard InChI is InChI=1S/C24H21N3O4S/c1-3-14-31-17-12-10-15(11-13-17)20-19(21(28)16-8-6-5-7-9-16)22(29)23(30)27(20)24-26-25-18(4-2)32-24/h3,5-13,20,28H,1,4,14H2,2H3/b21-19+. The van der Waals surface area contributed by atoms with E-state index in [9.17, 15) is 14.7 Å². The number of anilines is 1. The molecule has 162 valence electrons. The predicted molar refractivity (Wildman–Crippen MR) is 123 cm³/mol. The van der Waals surface area contributed by atoms with E-state index in [2.05, 4.69) is 16.8 Å². The molecule has 2 heterocycles. The summed E-state index contributed by atoms with van der Waals surface area (Å²) in [5.41, 5.74) is 1.10. The number of aliphatic hydroxyl groups is 1. The van der Waals surface area contributed by atoms with Crippen LogP contribution in [-0.4, -0.2) is 33.6 Å². The van der Waals surface area contributed by atoms with Gasteiger partial charge < -0.3 is 9.84 Å². The van der Waals surface area contributed by atoms with Gasteiger partial charge in [0.2, 0.25) is 5.13 Å². The summed E-state index contributed by atoms with van der Waals surface area (Å²) in [6, 6.07) is 14.9. The Morgan fingerprint density at radius 2 is 1.88 bits per heavy atom. The number of hydrogen-bond acceptors (Lipinski definition) is 7. The quantitative estimate of drug-likeness (QED) is 0.251. The molecule has 1 atom stereocenters. The maximum atomic E-state index is 13.1. The van der Waals surface area contributed by atoms with E-state index in [4.69, 9.17) is 4.74 Å². The third-order valence-electron chi connectivity index (χ3n) is 5.02. The van der Waals surface area contributed by atoms with Crippen molar-refractivity contribution in [3.05, 3.63) is 89.0 Å². The van der Waals surface area contributed by atoms with Gasteiger partial charge in [-0.3, -0.25) is 14.5 Å². The lowest BCUT2D eigenvalue weighted by atomic mass is 9.95. The van der Waals surface area contributed by atoms with E-state index in [1.165, 1.54) is 16.2 Å². The molecule has 1 unspecified atom stereocenters. The number of aliphatic hydroxyl groups excluding tert-OH is 1. The van der Waals surface area contributed by atoms with Crippen LogP contribution in [0, 0.1) is 0 Å². The van der Waals surface area contributed by atoms with Crippen LogP contribution >= 0.6 is 11.3 Å². The lowest BCUT2D eigenvalue weighted by molar-refractivity contribution is -0.132. The predicted octanol–water partition coefficient (Wildman–Crippen LogP) is 4.29. The van der Waals surface area contributed by atoms with E-state index in [0.717, 1.165) is 5.01 Å². The fraction of sp³-hybridized carbons (Fsp3) is 0.167. The number of Topliss-reactive ketones (excluding diaryl/α,β-unsaturated/α-hetero) is 1. The number of aromatic nitrogens is 2. The highest BCUT2D eigenvalue weighted by Gasteiger charge is 2.48. The van der Waals surface area contributed by atoms with E-state index in [1.807, 2.05) is 13.0 Å². The lowest BCUT2D eigenvalue weighted by Gasteiger charge is -2.22. The fourth-order valence-corrected chi connectivity index (χ4v) is 4.29. The van der Waals surface area contributed by atoms with Gasteiger partial charge in [-0.15, -0.1) is 10.2 Å². The van der Waals surface area contributed by atoms with Crippen molar-refractivity contribution < 1.29 is 19.4 Å². The molecular formula is C24H21N3O4S. The molecule has 0 bridgehead atoms. The smallest absolute Gasteiger partial charge is 0.301 e. The van der Waals surface area contributed by atoms with Gasteiger partial charge >= 0.3 is 5.91 Å². The van der Waals surface area contributed by atoms with Gasteiger partial charge in [0.25, 0.3) is 5.78 Å². The van der Waals surface area contributed by atoms with Gasteiger partial charge in [-0.05, 0) is 24.1 Å². The van der Waals surface area contributed by atoms with Gasteiger partial charge in [0.05, 0.1) is 11.6 Å². The molecule has 1 N–H and O–H groups in total.